The molecule has 6 nitrogen and oxygen atoms in total. The van der Waals surface area contributed by atoms with Gasteiger partial charge < -0.3 is 10.2 Å². The molecular weight excluding hydrogens is 236 g/mol. The van der Waals surface area contributed by atoms with E-state index >= 15 is 0 Å². The van der Waals surface area contributed by atoms with Crippen molar-refractivity contribution in [1.29, 1.82) is 0 Å². The number of nitrogens with zero attached hydrogens (tertiary/aromatic N) is 2. The van der Waals surface area contributed by atoms with Crippen LogP contribution in [0.1, 0.15) is 11.5 Å². The highest BCUT2D eigenvalue weighted by Gasteiger charge is 2.36. The fourth-order valence-corrected chi connectivity index (χ4v) is 1.92. The van der Waals surface area contributed by atoms with E-state index in [-0.39, 0.29) is 5.57 Å². The summed E-state index contributed by atoms with van der Waals surface area (Å²) in [5, 5.41) is 18.3. The van der Waals surface area contributed by atoms with Gasteiger partial charge in [0.1, 0.15) is 5.92 Å². The summed E-state index contributed by atoms with van der Waals surface area (Å²) < 4.78 is 0. The molecule has 1 aliphatic heterocycles. The fraction of sp³-hybridized carbons (Fsp3) is 0.167. The van der Waals surface area contributed by atoms with E-state index in [9.17, 15) is 9.59 Å². The number of carbonyl (C=O) groups is 2. The van der Waals surface area contributed by atoms with Crippen molar-refractivity contribution in [1.82, 2.24) is 4.98 Å². The standard InChI is InChI=1S/C12H10N2O4/c15-11(16)8-5-14-6-9(12(17)18)10(8)7-2-1-3-13-4-7/h1-6,8,10H,(H,15,16)(H,17,18). The van der Waals surface area contributed by atoms with Crippen LogP contribution in [0.2, 0.25) is 0 Å². The van der Waals surface area contributed by atoms with Crippen molar-refractivity contribution in [3.05, 3.63) is 41.9 Å². The minimum atomic E-state index is -1.17. The lowest BCUT2D eigenvalue weighted by molar-refractivity contribution is -0.139. The topological polar surface area (TPSA) is 99.8 Å². The lowest BCUT2D eigenvalue weighted by atomic mass is 9.80. The highest BCUT2D eigenvalue weighted by Crippen LogP contribution is 2.33. The second-order valence-corrected chi connectivity index (χ2v) is 3.82. The van der Waals surface area contributed by atoms with Crippen LogP contribution in [-0.4, -0.2) is 33.4 Å². The van der Waals surface area contributed by atoms with Crippen molar-refractivity contribution in [2.45, 2.75) is 5.92 Å². The smallest absolute Gasteiger partial charge is 0.333 e. The van der Waals surface area contributed by atoms with E-state index in [1.165, 1.54) is 18.6 Å². The highest BCUT2D eigenvalue weighted by molar-refractivity contribution is 5.97. The summed E-state index contributed by atoms with van der Waals surface area (Å²) in [6.07, 6.45) is 5.43. The Labute approximate surface area is 102 Å². The van der Waals surface area contributed by atoms with Gasteiger partial charge in [-0.15, -0.1) is 0 Å². The zero-order valence-electron chi connectivity index (χ0n) is 9.22. The summed E-state index contributed by atoms with van der Waals surface area (Å²) in [5.74, 6) is -4.05. The molecule has 0 fully saturated rings. The number of aliphatic carboxylic acids is 2. The summed E-state index contributed by atoms with van der Waals surface area (Å²) in [6, 6.07) is 3.29. The van der Waals surface area contributed by atoms with Crippen molar-refractivity contribution >= 4 is 18.2 Å². The monoisotopic (exact) mass is 246 g/mol. The molecule has 1 aliphatic rings. The Morgan fingerprint density at radius 2 is 2.06 bits per heavy atom. The second-order valence-electron chi connectivity index (χ2n) is 3.82. The average molecular weight is 246 g/mol. The van der Waals surface area contributed by atoms with Gasteiger partial charge in [-0.25, -0.2) is 4.79 Å². The minimum absolute atomic E-state index is 0.0436. The van der Waals surface area contributed by atoms with E-state index in [0.717, 1.165) is 0 Å². The van der Waals surface area contributed by atoms with Crippen LogP contribution in [0.4, 0.5) is 0 Å². The molecule has 0 aromatic carbocycles. The lowest BCUT2D eigenvalue weighted by Gasteiger charge is -2.23. The Balaban J connectivity index is 2.49. The first-order valence-electron chi connectivity index (χ1n) is 5.20. The van der Waals surface area contributed by atoms with E-state index < -0.39 is 23.8 Å². The van der Waals surface area contributed by atoms with Gasteiger partial charge in [0, 0.05) is 30.7 Å². The Morgan fingerprint density at radius 3 is 2.61 bits per heavy atom. The molecule has 0 radical (unpaired) electrons. The molecule has 1 aromatic heterocycles. The van der Waals surface area contributed by atoms with Gasteiger partial charge in [-0.2, -0.15) is 0 Å². The molecule has 2 heterocycles. The molecule has 0 saturated heterocycles. The van der Waals surface area contributed by atoms with Crippen molar-refractivity contribution < 1.29 is 19.8 Å². The minimum Gasteiger partial charge on any atom is -0.481 e. The summed E-state index contributed by atoms with van der Waals surface area (Å²) in [5.41, 5.74) is 0.502. The number of hydrogen-bond acceptors (Lipinski definition) is 4. The van der Waals surface area contributed by atoms with E-state index in [1.807, 2.05) is 0 Å². The number of aromatic nitrogens is 1. The molecular formula is C12H10N2O4. The molecule has 6 heteroatoms. The zero-order valence-corrected chi connectivity index (χ0v) is 9.22. The third-order valence-corrected chi connectivity index (χ3v) is 2.73. The van der Waals surface area contributed by atoms with E-state index in [4.69, 9.17) is 10.2 Å². The average Bonchev–Trinajstić information content (AvgIpc) is 2.38. The first-order chi connectivity index (χ1) is 8.61. The molecule has 0 bridgehead atoms. The zero-order chi connectivity index (χ0) is 13.1. The maximum Gasteiger partial charge on any atom is 0.333 e. The van der Waals surface area contributed by atoms with Crippen molar-refractivity contribution in [3.8, 4) is 0 Å². The predicted molar refractivity (Wildman–Crippen MR) is 62.3 cm³/mol. The molecule has 2 unspecified atom stereocenters. The van der Waals surface area contributed by atoms with Crippen LogP contribution >= 0.6 is 0 Å². The SMILES string of the molecule is O=C(O)C1=CN=CC(C(=O)O)C1c1cccnc1. The Kier molecular flexibility index (Phi) is 3.18. The van der Waals surface area contributed by atoms with Crippen LogP contribution in [0.15, 0.2) is 41.3 Å². The maximum absolute atomic E-state index is 11.2. The molecule has 0 amide bonds. The summed E-state index contributed by atoms with van der Waals surface area (Å²) in [7, 11) is 0. The van der Waals surface area contributed by atoms with Gasteiger partial charge in [0.2, 0.25) is 0 Å². The second kappa shape index (κ2) is 4.79. The van der Waals surface area contributed by atoms with Gasteiger partial charge in [0.25, 0.3) is 0 Å². The molecule has 1 aromatic rings. The van der Waals surface area contributed by atoms with Crippen molar-refractivity contribution in [3.63, 3.8) is 0 Å². The van der Waals surface area contributed by atoms with Crippen LogP contribution in [0.25, 0.3) is 0 Å². The lowest BCUT2D eigenvalue weighted by Crippen LogP contribution is -2.29. The van der Waals surface area contributed by atoms with Crippen LogP contribution in [0, 0.1) is 5.92 Å². The Hall–Kier alpha value is -2.50. The fourth-order valence-electron chi connectivity index (χ4n) is 1.92. The summed E-state index contributed by atoms with van der Waals surface area (Å²) in [4.78, 5) is 29.9. The van der Waals surface area contributed by atoms with E-state index in [1.54, 1.807) is 18.3 Å². The molecule has 2 atom stereocenters. The van der Waals surface area contributed by atoms with Gasteiger partial charge in [0.05, 0.1) is 5.57 Å². The number of pyridine rings is 1. The number of hydrogen-bond donors (Lipinski definition) is 2. The number of aliphatic imine (C=N–C) groups is 1. The summed E-state index contributed by atoms with van der Waals surface area (Å²) in [6.45, 7) is 0. The summed E-state index contributed by atoms with van der Waals surface area (Å²) >= 11 is 0. The predicted octanol–water partition coefficient (Wildman–Crippen LogP) is 0.919. The first-order valence-corrected chi connectivity index (χ1v) is 5.20. The normalized spacial score (nSPS) is 22.3. The van der Waals surface area contributed by atoms with Gasteiger partial charge in [-0.05, 0) is 11.6 Å². The Morgan fingerprint density at radius 1 is 1.28 bits per heavy atom. The molecule has 2 N–H and O–H groups in total. The van der Waals surface area contributed by atoms with E-state index in [2.05, 4.69) is 9.98 Å². The molecule has 0 saturated carbocycles. The van der Waals surface area contributed by atoms with Crippen molar-refractivity contribution in [2.24, 2.45) is 10.9 Å². The first kappa shape index (κ1) is 12.0. The Bertz CT molecular complexity index is 536. The molecule has 2 rings (SSSR count). The van der Waals surface area contributed by atoms with Crippen LogP contribution in [-0.2, 0) is 9.59 Å². The van der Waals surface area contributed by atoms with Crippen LogP contribution in [0.5, 0.6) is 0 Å². The molecule has 92 valence electrons. The molecule has 0 spiro atoms. The van der Waals surface area contributed by atoms with Crippen molar-refractivity contribution in [2.75, 3.05) is 0 Å². The highest BCUT2D eigenvalue weighted by atomic mass is 16.4. The van der Waals surface area contributed by atoms with E-state index in [0.29, 0.717) is 5.56 Å². The quantitative estimate of drug-likeness (QED) is 0.825. The van der Waals surface area contributed by atoms with Gasteiger partial charge >= 0.3 is 11.9 Å². The largest absolute Gasteiger partial charge is 0.481 e. The van der Waals surface area contributed by atoms with Crippen LogP contribution < -0.4 is 0 Å². The number of rotatable bonds is 3. The van der Waals surface area contributed by atoms with Crippen LogP contribution in [0.3, 0.4) is 0 Å². The third kappa shape index (κ3) is 2.13. The van der Waals surface area contributed by atoms with Gasteiger partial charge in [-0.1, -0.05) is 6.07 Å². The molecule has 18 heavy (non-hydrogen) atoms. The van der Waals surface area contributed by atoms with Gasteiger partial charge in [0.15, 0.2) is 0 Å². The number of carboxylic acids is 2. The van der Waals surface area contributed by atoms with Gasteiger partial charge in [-0.3, -0.25) is 14.8 Å². The third-order valence-electron chi connectivity index (χ3n) is 2.73. The molecule has 0 aliphatic carbocycles. The number of carboxylic acid groups (broad SMARTS) is 2. The maximum atomic E-state index is 11.2.